The highest BCUT2D eigenvalue weighted by Gasteiger charge is 2.21. The number of nitrogens with zero attached hydrogens (tertiary/aromatic N) is 2. The zero-order valence-corrected chi connectivity index (χ0v) is 17.7. The number of carbonyl (C=O) groups is 1. The Morgan fingerprint density at radius 3 is 2.57 bits per heavy atom. The topological polar surface area (TPSA) is 88.3 Å². The van der Waals surface area contributed by atoms with Gasteiger partial charge in [-0.3, -0.25) is 9.69 Å². The van der Waals surface area contributed by atoms with Crippen molar-refractivity contribution in [2.45, 2.75) is 19.4 Å². The van der Waals surface area contributed by atoms with Crippen LogP contribution in [0.15, 0.2) is 42.5 Å². The quantitative estimate of drug-likeness (QED) is 0.649. The summed E-state index contributed by atoms with van der Waals surface area (Å²) < 4.78 is 11.3. The van der Waals surface area contributed by atoms with Crippen molar-refractivity contribution >= 4 is 11.6 Å². The van der Waals surface area contributed by atoms with Crippen LogP contribution >= 0.6 is 0 Å². The fourth-order valence-electron chi connectivity index (χ4n) is 3.77. The Hall–Kier alpha value is -2.77. The summed E-state index contributed by atoms with van der Waals surface area (Å²) >= 11 is 0. The van der Waals surface area contributed by atoms with E-state index in [2.05, 4.69) is 15.9 Å². The monoisotopic (exact) mass is 413 g/mol. The molecule has 1 aliphatic rings. The Morgan fingerprint density at radius 2 is 1.87 bits per heavy atom. The smallest absolute Gasteiger partial charge is 0.221 e. The van der Waals surface area contributed by atoms with Gasteiger partial charge in [0.1, 0.15) is 24.2 Å². The molecule has 1 aliphatic heterocycles. The zero-order chi connectivity index (χ0) is 21.5. The van der Waals surface area contributed by atoms with E-state index in [9.17, 15) is 9.90 Å². The van der Waals surface area contributed by atoms with Gasteiger partial charge in [-0.25, -0.2) is 0 Å². The highest BCUT2D eigenvalue weighted by atomic mass is 16.5. The van der Waals surface area contributed by atoms with Crippen LogP contribution in [0.5, 0.6) is 11.5 Å². The van der Waals surface area contributed by atoms with Crippen molar-refractivity contribution in [3.63, 3.8) is 0 Å². The second-order valence-electron chi connectivity index (χ2n) is 7.68. The van der Waals surface area contributed by atoms with Gasteiger partial charge < -0.3 is 25.2 Å². The highest BCUT2D eigenvalue weighted by molar-refractivity contribution is 5.77. The second-order valence-corrected chi connectivity index (χ2v) is 7.68. The second kappa shape index (κ2) is 10.3. The summed E-state index contributed by atoms with van der Waals surface area (Å²) in [4.78, 5) is 15.8. The third kappa shape index (κ3) is 5.87. The Morgan fingerprint density at radius 1 is 1.13 bits per heavy atom. The van der Waals surface area contributed by atoms with Gasteiger partial charge in [0.05, 0.1) is 19.2 Å². The Labute approximate surface area is 178 Å². The number of benzene rings is 2. The average Bonchev–Trinajstić information content (AvgIpc) is 2.73. The number of rotatable bonds is 9. The predicted octanol–water partition coefficient (Wildman–Crippen LogP) is 1.59. The SMILES string of the molecule is COc1ccccc1N1CCN(CC(O)COc2ccc(C)cc2CC(N)=O)CC1. The summed E-state index contributed by atoms with van der Waals surface area (Å²) in [6, 6.07) is 13.7. The first-order chi connectivity index (χ1) is 14.5. The molecule has 1 unspecified atom stereocenters. The Bertz CT molecular complexity index is 850. The van der Waals surface area contributed by atoms with Gasteiger partial charge in [0, 0.05) is 38.3 Å². The summed E-state index contributed by atoms with van der Waals surface area (Å²) in [5, 5.41) is 10.5. The summed E-state index contributed by atoms with van der Waals surface area (Å²) in [6.07, 6.45) is -0.497. The van der Waals surface area contributed by atoms with Crippen LogP contribution in [0.25, 0.3) is 0 Å². The number of aliphatic hydroxyl groups excluding tert-OH is 1. The molecule has 0 aromatic heterocycles. The van der Waals surface area contributed by atoms with Gasteiger partial charge in [-0.15, -0.1) is 0 Å². The van der Waals surface area contributed by atoms with Crippen molar-refractivity contribution in [2.75, 3.05) is 51.3 Å². The average molecular weight is 414 g/mol. The summed E-state index contributed by atoms with van der Waals surface area (Å²) in [5.74, 6) is 1.07. The Kier molecular flexibility index (Phi) is 7.54. The van der Waals surface area contributed by atoms with Crippen LogP contribution in [0.1, 0.15) is 11.1 Å². The number of piperazine rings is 1. The number of aliphatic hydroxyl groups is 1. The largest absolute Gasteiger partial charge is 0.495 e. The number of hydrogen-bond acceptors (Lipinski definition) is 6. The molecule has 2 aromatic rings. The number of aryl methyl sites for hydroxylation is 1. The summed E-state index contributed by atoms with van der Waals surface area (Å²) in [5.41, 5.74) is 8.22. The van der Waals surface area contributed by atoms with E-state index < -0.39 is 12.0 Å². The van der Waals surface area contributed by atoms with Crippen molar-refractivity contribution in [2.24, 2.45) is 5.73 Å². The van der Waals surface area contributed by atoms with Crippen LogP contribution in [0.3, 0.4) is 0 Å². The van der Waals surface area contributed by atoms with E-state index in [-0.39, 0.29) is 13.0 Å². The number of primary amides is 1. The maximum absolute atomic E-state index is 11.3. The van der Waals surface area contributed by atoms with Crippen molar-refractivity contribution in [3.05, 3.63) is 53.6 Å². The van der Waals surface area contributed by atoms with E-state index >= 15 is 0 Å². The predicted molar refractivity (Wildman–Crippen MR) is 117 cm³/mol. The lowest BCUT2D eigenvalue weighted by molar-refractivity contribution is -0.117. The maximum Gasteiger partial charge on any atom is 0.221 e. The number of nitrogens with two attached hydrogens (primary N) is 1. The van der Waals surface area contributed by atoms with E-state index in [4.69, 9.17) is 15.2 Å². The molecule has 0 aliphatic carbocycles. The molecule has 1 amide bonds. The first-order valence-corrected chi connectivity index (χ1v) is 10.2. The van der Waals surface area contributed by atoms with Crippen LogP contribution in [0, 0.1) is 6.92 Å². The molecule has 1 heterocycles. The third-order valence-electron chi connectivity index (χ3n) is 5.28. The van der Waals surface area contributed by atoms with Crippen molar-refractivity contribution in [3.8, 4) is 11.5 Å². The number of amides is 1. The minimum Gasteiger partial charge on any atom is -0.495 e. The summed E-state index contributed by atoms with van der Waals surface area (Å²) in [6.45, 7) is 6.11. The molecular formula is C23H31N3O4. The number of para-hydroxylation sites is 2. The first kappa shape index (κ1) is 21.9. The number of methoxy groups -OCH3 is 1. The minimum absolute atomic E-state index is 0.123. The number of carbonyl (C=O) groups excluding carboxylic acids is 1. The standard InChI is InChI=1S/C23H31N3O4/c1-17-7-8-21(18(13-17)14-23(24)28)30-16-19(27)15-25-9-11-26(12-10-25)20-5-3-4-6-22(20)29-2/h3-8,13,19,27H,9-12,14-16H2,1-2H3,(H2,24,28). The van der Waals surface area contributed by atoms with Gasteiger partial charge in [0.15, 0.2) is 0 Å². The molecule has 1 fully saturated rings. The first-order valence-electron chi connectivity index (χ1n) is 10.2. The van der Waals surface area contributed by atoms with E-state index in [0.29, 0.717) is 12.3 Å². The molecule has 0 bridgehead atoms. The molecule has 3 rings (SSSR count). The van der Waals surface area contributed by atoms with Crippen LogP contribution in [0.4, 0.5) is 5.69 Å². The molecule has 1 atom stereocenters. The zero-order valence-electron chi connectivity index (χ0n) is 17.7. The minimum atomic E-state index is -0.620. The maximum atomic E-state index is 11.3. The lowest BCUT2D eigenvalue weighted by Gasteiger charge is -2.37. The molecule has 162 valence electrons. The van der Waals surface area contributed by atoms with E-state index in [1.54, 1.807) is 7.11 Å². The lowest BCUT2D eigenvalue weighted by atomic mass is 10.1. The number of hydrogen-bond donors (Lipinski definition) is 2. The highest BCUT2D eigenvalue weighted by Crippen LogP contribution is 2.28. The van der Waals surface area contributed by atoms with Gasteiger partial charge in [-0.05, 0) is 25.1 Å². The molecule has 0 radical (unpaired) electrons. The van der Waals surface area contributed by atoms with Crippen LogP contribution in [-0.2, 0) is 11.2 Å². The van der Waals surface area contributed by atoms with Gasteiger partial charge in [0.2, 0.25) is 5.91 Å². The normalized spacial score (nSPS) is 15.6. The van der Waals surface area contributed by atoms with Crippen LogP contribution in [0.2, 0.25) is 0 Å². The lowest BCUT2D eigenvalue weighted by Crippen LogP contribution is -2.49. The molecule has 2 aromatic carbocycles. The van der Waals surface area contributed by atoms with Gasteiger partial charge in [-0.2, -0.15) is 0 Å². The van der Waals surface area contributed by atoms with Crippen LogP contribution < -0.4 is 20.1 Å². The van der Waals surface area contributed by atoms with Crippen molar-refractivity contribution in [1.82, 2.24) is 4.90 Å². The molecule has 7 nitrogen and oxygen atoms in total. The van der Waals surface area contributed by atoms with Crippen molar-refractivity contribution in [1.29, 1.82) is 0 Å². The molecule has 0 saturated carbocycles. The molecule has 30 heavy (non-hydrogen) atoms. The fraction of sp³-hybridized carbons (Fsp3) is 0.435. The summed E-state index contributed by atoms with van der Waals surface area (Å²) in [7, 11) is 1.69. The molecule has 3 N–H and O–H groups in total. The third-order valence-corrected chi connectivity index (χ3v) is 5.28. The van der Waals surface area contributed by atoms with E-state index in [1.165, 1.54) is 0 Å². The number of ether oxygens (including phenoxy) is 2. The van der Waals surface area contributed by atoms with Gasteiger partial charge in [-0.1, -0.05) is 29.8 Å². The fourth-order valence-corrected chi connectivity index (χ4v) is 3.77. The van der Waals surface area contributed by atoms with Crippen LogP contribution in [-0.4, -0.2) is 68.5 Å². The Balaban J connectivity index is 1.49. The van der Waals surface area contributed by atoms with Crippen molar-refractivity contribution < 1.29 is 19.4 Å². The number of anilines is 1. The molecular weight excluding hydrogens is 382 g/mol. The van der Waals surface area contributed by atoms with E-state index in [1.807, 2.05) is 43.3 Å². The van der Waals surface area contributed by atoms with E-state index in [0.717, 1.165) is 48.7 Å². The molecule has 7 heteroatoms. The van der Waals surface area contributed by atoms with Gasteiger partial charge >= 0.3 is 0 Å². The molecule has 0 spiro atoms. The number of β-amino-alcohol motifs (C(OH)–C–C–N with tert-alkyl or cyclic N) is 1. The van der Waals surface area contributed by atoms with Gasteiger partial charge in [0.25, 0.3) is 0 Å². The molecule has 1 saturated heterocycles.